The molecule has 2 amide bonds. The molecule has 2 aromatic carbocycles. The van der Waals surface area contributed by atoms with Gasteiger partial charge in [0.15, 0.2) is 0 Å². The van der Waals surface area contributed by atoms with Crippen molar-refractivity contribution in [3.63, 3.8) is 0 Å². The standard InChI is InChI=1S/C18H18N2O3/c1-13-3-5-14(6-4-13)7-12-17(21)19-20-18(22)15-8-10-16(23-2)11-9-15/h3-12H,1-2H3,(H,19,21)(H,20,22)/b12-7+. The van der Waals surface area contributed by atoms with Crippen LogP contribution in [0, 0.1) is 6.92 Å². The van der Waals surface area contributed by atoms with Crippen molar-refractivity contribution in [2.75, 3.05) is 7.11 Å². The number of hydrazine groups is 1. The van der Waals surface area contributed by atoms with Gasteiger partial charge in [0.2, 0.25) is 0 Å². The summed E-state index contributed by atoms with van der Waals surface area (Å²) in [5.74, 6) is -0.149. The number of amides is 2. The van der Waals surface area contributed by atoms with E-state index in [0.717, 1.165) is 11.1 Å². The summed E-state index contributed by atoms with van der Waals surface area (Å²) in [6, 6.07) is 14.3. The number of hydrogen-bond acceptors (Lipinski definition) is 3. The van der Waals surface area contributed by atoms with Crippen LogP contribution in [0.1, 0.15) is 21.5 Å². The summed E-state index contributed by atoms with van der Waals surface area (Å²) in [7, 11) is 1.55. The Morgan fingerprint density at radius 3 is 2.22 bits per heavy atom. The lowest BCUT2D eigenvalue weighted by molar-refractivity contribution is -0.117. The first-order valence-corrected chi connectivity index (χ1v) is 7.07. The number of aryl methyl sites for hydroxylation is 1. The molecular weight excluding hydrogens is 292 g/mol. The van der Waals surface area contributed by atoms with Gasteiger partial charge in [-0.3, -0.25) is 20.4 Å². The summed E-state index contributed by atoms with van der Waals surface area (Å²) in [5, 5.41) is 0. The Balaban J connectivity index is 1.85. The van der Waals surface area contributed by atoms with Crippen LogP contribution in [-0.2, 0) is 4.79 Å². The van der Waals surface area contributed by atoms with Crippen LogP contribution in [0.15, 0.2) is 54.6 Å². The third-order valence-electron chi connectivity index (χ3n) is 3.16. The van der Waals surface area contributed by atoms with E-state index in [2.05, 4.69) is 10.9 Å². The van der Waals surface area contributed by atoms with E-state index in [0.29, 0.717) is 11.3 Å². The number of benzene rings is 2. The molecule has 5 heteroatoms. The maximum Gasteiger partial charge on any atom is 0.269 e. The molecule has 2 aromatic rings. The summed E-state index contributed by atoms with van der Waals surface area (Å²) in [6.45, 7) is 1.99. The number of methoxy groups -OCH3 is 1. The molecule has 0 aliphatic rings. The number of nitrogens with one attached hydrogen (secondary N) is 2. The number of hydrogen-bond donors (Lipinski definition) is 2. The van der Waals surface area contributed by atoms with Crippen LogP contribution in [-0.4, -0.2) is 18.9 Å². The second-order valence-corrected chi connectivity index (χ2v) is 4.92. The first-order chi connectivity index (χ1) is 11.1. The van der Waals surface area contributed by atoms with Crippen LogP contribution in [0.4, 0.5) is 0 Å². The topological polar surface area (TPSA) is 67.4 Å². The fraction of sp³-hybridized carbons (Fsp3) is 0.111. The molecule has 0 saturated heterocycles. The average Bonchev–Trinajstić information content (AvgIpc) is 2.59. The highest BCUT2D eigenvalue weighted by Gasteiger charge is 2.05. The lowest BCUT2D eigenvalue weighted by Gasteiger charge is -2.06. The minimum Gasteiger partial charge on any atom is -0.497 e. The highest BCUT2D eigenvalue weighted by molar-refractivity contribution is 5.97. The maximum absolute atomic E-state index is 11.9. The zero-order valence-electron chi connectivity index (χ0n) is 13.0. The second kappa shape index (κ2) is 7.79. The van der Waals surface area contributed by atoms with Gasteiger partial charge in [-0.2, -0.15) is 0 Å². The predicted octanol–water partition coefficient (Wildman–Crippen LogP) is 2.48. The molecule has 2 rings (SSSR count). The molecule has 23 heavy (non-hydrogen) atoms. The summed E-state index contributed by atoms with van der Waals surface area (Å²) >= 11 is 0. The molecule has 0 spiro atoms. The van der Waals surface area contributed by atoms with E-state index in [1.54, 1.807) is 37.5 Å². The highest BCUT2D eigenvalue weighted by Crippen LogP contribution is 2.10. The van der Waals surface area contributed by atoms with Crippen molar-refractivity contribution in [1.29, 1.82) is 0 Å². The number of ether oxygens (including phenoxy) is 1. The van der Waals surface area contributed by atoms with Crippen LogP contribution in [0.25, 0.3) is 6.08 Å². The van der Waals surface area contributed by atoms with Gasteiger partial charge in [-0.25, -0.2) is 0 Å². The SMILES string of the molecule is COc1ccc(C(=O)NNC(=O)/C=C/c2ccc(C)cc2)cc1. The Kier molecular flexibility index (Phi) is 5.52. The number of carbonyl (C=O) groups is 2. The summed E-state index contributed by atoms with van der Waals surface area (Å²) in [5.41, 5.74) is 7.17. The number of rotatable bonds is 4. The first kappa shape index (κ1) is 16.3. The van der Waals surface area contributed by atoms with Crippen molar-refractivity contribution in [3.05, 3.63) is 71.3 Å². The summed E-state index contributed by atoms with van der Waals surface area (Å²) in [6.07, 6.45) is 3.03. The van der Waals surface area contributed by atoms with Gasteiger partial charge in [0, 0.05) is 11.6 Å². The van der Waals surface area contributed by atoms with Crippen molar-refractivity contribution in [2.24, 2.45) is 0 Å². The molecule has 0 saturated carbocycles. The van der Waals surface area contributed by atoms with Gasteiger partial charge >= 0.3 is 0 Å². The molecular formula is C18H18N2O3. The van der Waals surface area contributed by atoms with Gasteiger partial charge in [0.25, 0.3) is 11.8 Å². The third-order valence-corrected chi connectivity index (χ3v) is 3.16. The Morgan fingerprint density at radius 2 is 1.61 bits per heavy atom. The van der Waals surface area contributed by atoms with Gasteiger partial charge in [-0.05, 0) is 42.8 Å². The first-order valence-electron chi connectivity index (χ1n) is 7.07. The average molecular weight is 310 g/mol. The predicted molar refractivity (Wildman–Crippen MR) is 88.8 cm³/mol. The molecule has 0 heterocycles. The Labute approximate surface area is 134 Å². The van der Waals surface area contributed by atoms with Crippen molar-refractivity contribution in [1.82, 2.24) is 10.9 Å². The van der Waals surface area contributed by atoms with E-state index < -0.39 is 11.8 Å². The van der Waals surface area contributed by atoms with Gasteiger partial charge in [0.1, 0.15) is 5.75 Å². The zero-order chi connectivity index (χ0) is 16.7. The minimum absolute atomic E-state index is 0.398. The van der Waals surface area contributed by atoms with Gasteiger partial charge < -0.3 is 4.74 Å². The molecule has 0 aliphatic heterocycles. The van der Waals surface area contributed by atoms with Crippen molar-refractivity contribution in [3.8, 4) is 5.75 Å². The fourth-order valence-electron chi connectivity index (χ4n) is 1.82. The van der Waals surface area contributed by atoms with E-state index in [-0.39, 0.29) is 0 Å². The monoisotopic (exact) mass is 310 g/mol. The van der Waals surface area contributed by atoms with Crippen molar-refractivity contribution < 1.29 is 14.3 Å². The molecule has 2 N–H and O–H groups in total. The molecule has 118 valence electrons. The van der Waals surface area contributed by atoms with E-state index >= 15 is 0 Å². The van der Waals surface area contributed by atoms with Crippen LogP contribution < -0.4 is 15.6 Å². The quantitative estimate of drug-likeness (QED) is 0.673. The zero-order valence-corrected chi connectivity index (χ0v) is 13.0. The Bertz CT molecular complexity index is 704. The molecule has 0 unspecified atom stereocenters. The van der Waals surface area contributed by atoms with Gasteiger partial charge in [-0.1, -0.05) is 29.8 Å². The Morgan fingerprint density at radius 1 is 0.957 bits per heavy atom. The van der Waals surface area contributed by atoms with E-state index in [1.807, 2.05) is 31.2 Å². The second-order valence-electron chi connectivity index (χ2n) is 4.92. The summed E-state index contributed by atoms with van der Waals surface area (Å²) in [4.78, 5) is 23.6. The molecule has 0 aromatic heterocycles. The maximum atomic E-state index is 11.9. The molecule has 0 aliphatic carbocycles. The molecule has 0 radical (unpaired) electrons. The van der Waals surface area contributed by atoms with Crippen molar-refractivity contribution in [2.45, 2.75) is 6.92 Å². The molecule has 0 bridgehead atoms. The van der Waals surface area contributed by atoms with Crippen molar-refractivity contribution >= 4 is 17.9 Å². The lowest BCUT2D eigenvalue weighted by atomic mass is 10.1. The molecule has 5 nitrogen and oxygen atoms in total. The van der Waals surface area contributed by atoms with E-state index in [1.165, 1.54) is 6.08 Å². The van der Waals surface area contributed by atoms with Crippen LogP contribution in [0.3, 0.4) is 0 Å². The van der Waals surface area contributed by atoms with Crippen LogP contribution in [0.5, 0.6) is 5.75 Å². The summed E-state index contributed by atoms with van der Waals surface area (Å²) < 4.78 is 5.02. The smallest absolute Gasteiger partial charge is 0.269 e. The van der Waals surface area contributed by atoms with Crippen LogP contribution in [0.2, 0.25) is 0 Å². The minimum atomic E-state index is -0.410. The Hall–Kier alpha value is -3.08. The van der Waals surface area contributed by atoms with Gasteiger partial charge in [0.05, 0.1) is 7.11 Å². The highest BCUT2D eigenvalue weighted by atomic mass is 16.5. The lowest BCUT2D eigenvalue weighted by Crippen LogP contribution is -2.40. The normalized spacial score (nSPS) is 10.3. The van der Waals surface area contributed by atoms with Gasteiger partial charge in [-0.15, -0.1) is 0 Å². The molecule has 0 fully saturated rings. The fourth-order valence-corrected chi connectivity index (χ4v) is 1.82. The van der Waals surface area contributed by atoms with Crippen LogP contribution >= 0.6 is 0 Å². The van der Waals surface area contributed by atoms with E-state index in [4.69, 9.17) is 4.74 Å². The largest absolute Gasteiger partial charge is 0.497 e. The third kappa shape index (κ3) is 5.00. The number of carbonyl (C=O) groups excluding carboxylic acids is 2. The molecule has 0 atom stereocenters. The van der Waals surface area contributed by atoms with E-state index in [9.17, 15) is 9.59 Å².